The number of anilines is 1. The molecule has 1 N–H and O–H groups in total. The first-order valence-corrected chi connectivity index (χ1v) is 7.48. The zero-order chi connectivity index (χ0) is 17.9. The second kappa shape index (κ2) is 7.32. The Morgan fingerprint density at radius 2 is 1.75 bits per heavy atom. The zero-order valence-corrected chi connectivity index (χ0v) is 13.9. The summed E-state index contributed by atoms with van der Waals surface area (Å²) in [6.45, 7) is 1.29. The largest absolute Gasteiger partial charge is 0.483 e. The fraction of sp³-hybridized carbons (Fsp3) is 0.188. The van der Waals surface area contributed by atoms with Gasteiger partial charge in [0.05, 0.1) is 11.3 Å². The molecule has 0 radical (unpaired) electrons. The molecule has 2 rings (SSSR count). The molecule has 0 spiro atoms. The number of halogens is 5. The van der Waals surface area contributed by atoms with E-state index in [1.807, 2.05) is 0 Å². The first kappa shape index (κ1) is 18.4. The summed E-state index contributed by atoms with van der Waals surface area (Å²) in [6.07, 6.45) is -4.64. The number of rotatable bonds is 4. The van der Waals surface area contributed by atoms with Crippen LogP contribution in [0.15, 0.2) is 36.4 Å². The minimum absolute atomic E-state index is 0.0756. The Bertz CT molecular complexity index is 763. The maximum absolute atomic E-state index is 13.0. The van der Waals surface area contributed by atoms with Crippen molar-refractivity contribution in [3.63, 3.8) is 0 Å². The van der Waals surface area contributed by atoms with E-state index in [0.717, 1.165) is 12.1 Å². The number of amides is 1. The van der Waals surface area contributed by atoms with Gasteiger partial charge in [0.2, 0.25) is 0 Å². The summed E-state index contributed by atoms with van der Waals surface area (Å²) in [5.74, 6) is -0.307. The van der Waals surface area contributed by atoms with Gasteiger partial charge in [-0.3, -0.25) is 4.79 Å². The van der Waals surface area contributed by atoms with Crippen molar-refractivity contribution in [1.29, 1.82) is 0 Å². The molecule has 128 valence electrons. The summed E-state index contributed by atoms with van der Waals surface area (Å²) >= 11 is 11.4. The molecule has 0 fully saturated rings. The van der Waals surface area contributed by atoms with Gasteiger partial charge in [0.15, 0.2) is 6.61 Å². The smallest absolute Gasteiger partial charge is 0.418 e. The van der Waals surface area contributed by atoms with Gasteiger partial charge in [-0.1, -0.05) is 23.2 Å². The van der Waals surface area contributed by atoms with Gasteiger partial charge < -0.3 is 10.1 Å². The first-order valence-electron chi connectivity index (χ1n) is 6.72. The number of ether oxygens (including phenoxy) is 1. The van der Waals surface area contributed by atoms with E-state index >= 15 is 0 Å². The first-order chi connectivity index (χ1) is 11.2. The molecule has 0 atom stereocenters. The van der Waals surface area contributed by atoms with E-state index in [1.54, 1.807) is 25.1 Å². The van der Waals surface area contributed by atoms with Gasteiger partial charge in [-0.25, -0.2) is 0 Å². The van der Waals surface area contributed by atoms with E-state index in [2.05, 4.69) is 5.32 Å². The molecule has 0 saturated carbocycles. The fourth-order valence-electron chi connectivity index (χ4n) is 1.96. The second-order valence-corrected chi connectivity index (χ2v) is 5.81. The predicted octanol–water partition coefficient (Wildman–Crippen LogP) is 5.34. The summed E-state index contributed by atoms with van der Waals surface area (Å²) in [7, 11) is 0. The zero-order valence-electron chi connectivity index (χ0n) is 12.4. The van der Waals surface area contributed by atoms with Crippen LogP contribution in [0.4, 0.5) is 18.9 Å². The standard InChI is InChI=1S/C16H12Cl2F3NO2/c1-9-6-10(17)3-5-14(9)24-8-15(23)22-13-4-2-11(18)7-12(13)16(19,20)21/h2-7H,8H2,1H3,(H,22,23). The number of nitrogens with one attached hydrogen (secondary N) is 1. The molecule has 1 amide bonds. The number of alkyl halides is 3. The highest BCUT2D eigenvalue weighted by molar-refractivity contribution is 6.31. The van der Waals surface area contributed by atoms with E-state index < -0.39 is 24.3 Å². The Labute approximate surface area is 146 Å². The number of carbonyl (C=O) groups is 1. The average Bonchev–Trinajstić information content (AvgIpc) is 2.47. The van der Waals surface area contributed by atoms with Gasteiger partial charge in [0.1, 0.15) is 5.75 Å². The highest BCUT2D eigenvalue weighted by Gasteiger charge is 2.34. The number of aryl methyl sites for hydroxylation is 1. The highest BCUT2D eigenvalue weighted by Crippen LogP contribution is 2.36. The third-order valence-corrected chi connectivity index (χ3v) is 3.53. The number of carbonyl (C=O) groups excluding carboxylic acids is 1. The van der Waals surface area contributed by atoms with Crippen molar-refractivity contribution in [2.75, 3.05) is 11.9 Å². The molecule has 0 aliphatic carbocycles. The molecule has 0 aliphatic rings. The van der Waals surface area contributed by atoms with Crippen LogP contribution in [0, 0.1) is 6.92 Å². The molecule has 0 saturated heterocycles. The van der Waals surface area contributed by atoms with E-state index in [4.69, 9.17) is 27.9 Å². The monoisotopic (exact) mass is 377 g/mol. The maximum Gasteiger partial charge on any atom is 0.418 e. The van der Waals surface area contributed by atoms with E-state index in [0.29, 0.717) is 16.3 Å². The molecule has 0 unspecified atom stereocenters. The van der Waals surface area contributed by atoms with Crippen molar-refractivity contribution in [3.8, 4) is 5.75 Å². The van der Waals surface area contributed by atoms with E-state index in [9.17, 15) is 18.0 Å². The van der Waals surface area contributed by atoms with Gasteiger partial charge in [-0.15, -0.1) is 0 Å². The van der Waals surface area contributed by atoms with Crippen LogP contribution in [-0.4, -0.2) is 12.5 Å². The molecule has 8 heteroatoms. The Balaban J connectivity index is 2.08. The minimum Gasteiger partial charge on any atom is -0.483 e. The Kier molecular flexibility index (Phi) is 5.62. The fourth-order valence-corrected chi connectivity index (χ4v) is 2.36. The van der Waals surface area contributed by atoms with Crippen LogP contribution >= 0.6 is 23.2 Å². The third-order valence-electron chi connectivity index (χ3n) is 3.06. The van der Waals surface area contributed by atoms with Crippen molar-refractivity contribution >= 4 is 34.8 Å². The number of hydrogen-bond acceptors (Lipinski definition) is 2. The second-order valence-electron chi connectivity index (χ2n) is 4.93. The van der Waals surface area contributed by atoms with Crippen molar-refractivity contribution < 1.29 is 22.7 Å². The van der Waals surface area contributed by atoms with Crippen LogP contribution in [-0.2, 0) is 11.0 Å². The van der Waals surface area contributed by atoms with Gasteiger partial charge in [-0.2, -0.15) is 13.2 Å². The van der Waals surface area contributed by atoms with Gasteiger partial charge in [-0.05, 0) is 48.9 Å². The van der Waals surface area contributed by atoms with Crippen LogP contribution in [0.3, 0.4) is 0 Å². The van der Waals surface area contributed by atoms with Crippen LogP contribution in [0.1, 0.15) is 11.1 Å². The molecule has 0 bridgehead atoms. The summed E-state index contributed by atoms with van der Waals surface area (Å²) < 4.78 is 44.2. The Morgan fingerprint density at radius 3 is 2.38 bits per heavy atom. The van der Waals surface area contributed by atoms with Crippen LogP contribution in [0.5, 0.6) is 5.75 Å². The maximum atomic E-state index is 13.0. The summed E-state index contributed by atoms with van der Waals surface area (Å²) in [5.41, 5.74) is -0.697. The van der Waals surface area contributed by atoms with Crippen LogP contribution < -0.4 is 10.1 Å². The van der Waals surface area contributed by atoms with Crippen molar-refractivity contribution in [2.24, 2.45) is 0 Å². The van der Waals surface area contributed by atoms with Crippen molar-refractivity contribution in [2.45, 2.75) is 13.1 Å². The number of benzene rings is 2. The van der Waals surface area contributed by atoms with E-state index in [1.165, 1.54) is 6.07 Å². The van der Waals surface area contributed by atoms with E-state index in [-0.39, 0.29) is 10.7 Å². The number of hydrogen-bond donors (Lipinski definition) is 1. The lowest BCUT2D eigenvalue weighted by atomic mass is 10.1. The molecule has 2 aromatic carbocycles. The lowest BCUT2D eigenvalue weighted by molar-refractivity contribution is -0.137. The molecule has 0 aromatic heterocycles. The molecule has 0 heterocycles. The predicted molar refractivity (Wildman–Crippen MR) is 86.8 cm³/mol. The topological polar surface area (TPSA) is 38.3 Å². The van der Waals surface area contributed by atoms with Gasteiger partial charge >= 0.3 is 6.18 Å². The Hall–Kier alpha value is -1.92. The normalized spacial score (nSPS) is 11.2. The third kappa shape index (κ3) is 4.79. The SMILES string of the molecule is Cc1cc(Cl)ccc1OCC(=O)Nc1ccc(Cl)cc1C(F)(F)F. The molecule has 24 heavy (non-hydrogen) atoms. The van der Waals surface area contributed by atoms with Crippen molar-refractivity contribution in [1.82, 2.24) is 0 Å². The molecule has 2 aromatic rings. The quantitative estimate of drug-likeness (QED) is 0.780. The lowest BCUT2D eigenvalue weighted by Crippen LogP contribution is -2.22. The van der Waals surface area contributed by atoms with Crippen LogP contribution in [0.2, 0.25) is 10.0 Å². The summed E-state index contributed by atoms with van der Waals surface area (Å²) in [5, 5.41) is 2.62. The molecular weight excluding hydrogens is 366 g/mol. The summed E-state index contributed by atoms with van der Waals surface area (Å²) in [6, 6.07) is 7.92. The van der Waals surface area contributed by atoms with Gasteiger partial charge in [0, 0.05) is 10.0 Å². The summed E-state index contributed by atoms with van der Waals surface area (Å²) in [4.78, 5) is 11.9. The van der Waals surface area contributed by atoms with Crippen LogP contribution in [0.25, 0.3) is 0 Å². The average molecular weight is 378 g/mol. The highest BCUT2D eigenvalue weighted by atomic mass is 35.5. The molecule has 3 nitrogen and oxygen atoms in total. The van der Waals surface area contributed by atoms with Crippen molar-refractivity contribution in [3.05, 3.63) is 57.6 Å². The molecule has 0 aliphatic heterocycles. The Morgan fingerprint density at radius 1 is 1.12 bits per heavy atom. The molecular formula is C16H12Cl2F3NO2. The minimum atomic E-state index is -4.64. The van der Waals surface area contributed by atoms with Gasteiger partial charge in [0.25, 0.3) is 5.91 Å². The lowest BCUT2D eigenvalue weighted by Gasteiger charge is -2.15.